The normalized spacial score (nSPS) is 8.31. The number of benzene rings is 1. The van der Waals surface area contributed by atoms with Crippen LogP contribution in [0.4, 0.5) is 0 Å². The van der Waals surface area contributed by atoms with Crippen molar-refractivity contribution >= 4 is 27.0 Å². The van der Waals surface area contributed by atoms with E-state index in [4.69, 9.17) is 0 Å². The fraction of sp³-hybridized carbons (Fsp3) is 0.0667. The molecule has 0 radical (unpaired) electrons. The molecule has 0 N–H and O–H groups in total. The summed E-state index contributed by atoms with van der Waals surface area (Å²) in [4.78, 5) is 1.29. The van der Waals surface area contributed by atoms with Crippen molar-refractivity contribution in [3.63, 3.8) is 0 Å². The van der Waals surface area contributed by atoms with Crippen molar-refractivity contribution in [1.82, 2.24) is 0 Å². The SMILES string of the molecule is C=C.C=C.C=C(C)c1cc2ccccc2s1. The topological polar surface area (TPSA) is 0 Å². The third-order valence-corrected chi connectivity index (χ3v) is 3.12. The van der Waals surface area contributed by atoms with Gasteiger partial charge in [-0.3, -0.25) is 0 Å². The Balaban J connectivity index is 0.000000509. The first kappa shape index (κ1) is 14.4. The maximum atomic E-state index is 3.93. The van der Waals surface area contributed by atoms with Crippen molar-refractivity contribution in [3.05, 3.63) is 68.1 Å². The Bertz CT molecular complexity index is 416. The first-order valence-electron chi connectivity index (χ1n) is 4.92. The third kappa shape index (κ3) is 3.52. The van der Waals surface area contributed by atoms with E-state index in [9.17, 15) is 0 Å². The van der Waals surface area contributed by atoms with Gasteiger partial charge in [-0.05, 0) is 30.0 Å². The average Bonchev–Trinajstić information content (AvgIpc) is 2.78. The minimum atomic E-state index is 1.15. The first-order chi connectivity index (χ1) is 7.77. The van der Waals surface area contributed by atoms with Crippen molar-refractivity contribution in [2.24, 2.45) is 0 Å². The molecule has 1 aromatic heterocycles. The number of allylic oxidation sites excluding steroid dienone is 1. The van der Waals surface area contributed by atoms with Gasteiger partial charge < -0.3 is 0 Å². The zero-order valence-corrected chi connectivity index (χ0v) is 10.6. The largest absolute Gasteiger partial charge is 0.136 e. The van der Waals surface area contributed by atoms with Crippen LogP contribution in [0.15, 0.2) is 63.2 Å². The van der Waals surface area contributed by atoms with Crippen molar-refractivity contribution in [2.45, 2.75) is 6.92 Å². The first-order valence-corrected chi connectivity index (χ1v) is 5.73. The fourth-order valence-corrected chi connectivity index (χ4v) is 2.18. The Morgan fingerprint density at radius 1 is 1.06 bits per heavy atom. The Kier molecular flexibility index (Phi) is 6.89. The molecular formula is C15H18S. The molecule has 0 nitrogen and oxygen atoms in total. The van der Waals surface area contributed by atoms with Gasteiger partial charge in [0.1, 0.15) is 0 Å². The lowest BCUT2D eigenvalue weighted by Crippen LogP contribution is -1.63. The van der Waals surface area contributed by atoms with Gasteiger partial charge in [0.05, 0.1) is 0 Å². The van der Waals surface area contributed by atoms with E-state index in [1.165, 1.54) is 15.0 Å². The van der Waals surface area contributed by atoms with E-state index in [0.29, 0.717) is 0 Å². The molecule has 0 aliphatic heterocycles. The summed E-state index contributed by atoms with van der Waals surface area (Å²) in [5.41, 5.74) is 1.15. The molecule has 0 unspecified atom stereocenters. The predicted molar refractivity (Wildman–Crippen MR) is 79.0 cm³/mol. The van der Waals surface area contributed by atoms with Crippen molar-refractivity contribution in [2.75, 3.05) is 0 Å². The van der Waals surface area contributed by atoms with Crippen molar-refractivity contribution in [3.8, 4) is 0 Å². The molecule has 0 aliphatic carbocycles. The highest BCUT2D eigenvalue weighted by Crippen LogP contribution is 2.28. The molecule has 0 fully saturated rings. The molecule has 16 heavy (non-hydrogen) atoms. The standard InChI is InChI=1S/C11H10S.2C2H4/c1-8(2)11-7-9-5-3-4-6-10(9)12-11;2*1-2/h3-7H,1H2,2H3;2*1-2H2. The van der Waals surface area contributed by atoms with E-state index in [0.717, 1.165) is 5.57 Å². The van der Waals surface area contributed by atoms with Gasteiger partial charge in [-0.25, -0.2) is 0 Å². The fourth-order valence-electron chi connectivity index (χ4n) is 1.19. The van der Waals surface area contributed by atoms with Gasteiger partial charge in [-0.15, -0.1) is 37.7 Å². The van der Waals surface area contributed by atoms with Crippen LogP contribution in [0.3, 0.4) is 0 Å². The van der Waals surface area contributed by atoms with Crippen LogP contribution in [0.1, 0.15) is 11.8 Å². The number of fused-ring (bicyclic) bond motifs is 1. The van der Waals surface area contributed by atoms with Gasteiger partial charge in [0, 0.05) is 9.58 Å². The number of thiophene rings is 1. The highest BCUT2D eigenvalue weighted by atomic mass is 32.1. The average molecular weight is 230 g/mol. The second-order valence-corrected chi connectivity index (χ2v) is 4.01. The van der Waals surface area contributed by atoms with Gasteiger partial charge in [0.2, 0.25) is 0 Å². The molecule has 0 spiro atoms. The maximum absolute atomic E-state index is 3.93. The quantitative estimate of drug-likeness (QED) is 0.564. The molecule has 0 atom stereocenters. The van der Waals surface area contributed by atoms with Crippen LogP contribution in [0.5, 0.6) is 0 Å². The van der Waals surface area contributed by atoms with Gasteiger partial charge in [0.25, 0.3) is 0 Å². The van der Waals surface area contributed by atoms with Gasteiger partial charge in [0.15, 0.2) is 0 Å². The zero-order chi connectivity index (χ0) is 12.6. The summed E-state index contributed by atoms with van der Waals surface area (Å²) >= 11 is 1.81. The van der Waals surface area contributed by atoms with E-state index in [-0.39, 0.29) is 0 Å². The van der Waals surface area contributed by atoms with Crippen LogP contribution >= 0.6 is 11.3 Å². The molecule has 0 amide bonds. The zero-order valence-electron chi connectivity index (χ0n) is 9.83. The smallest absolute Gasteiger partial charge is 0.0349 e. The summed E-state index contributed by atoms with van der Waals surface area (Å²) in [6.45, 7) is 18.0. The Hall–Kier alpha value is -1.60. The van der Waals surface area contributed by atoms with Crippen LogP contribution in [-0.2, 0) is 0 Å². The lowest BCUT2D eigenvalue weighted by atomic mass is 10.2. The molecule has 1 aromatic carbocycles. The van der Waals surface area contributed by atoms with Crippen LogP contribution in [0.25, 0.3) is 15.7 Å². The summed E-state index contributed by atoms with van der Waals surface area (Å²) in [5, 5.41) is 1.32. The van der Waals surface area contributed by atoms with E-state index in [1.807, 2.05) is 6.92 Å². The van der Waals surface area contributed by atoms with Crippen LogP contribution in [-0.4, -0.2) is 0 Å². The Labute approximate surface area is 102 Å². The Morgan fingerprint density at radius 3 is 2.12 bits per heavy atom. The van der Waals surface area contributed by atoms with E-state index < -0.39 is 0 Å². The number of hydrogen-bond acceptors (Lipinski definition) is 1. The maximum Gasteiger partial charge on any atom is 0.0349 e. The highest BCUT2D eigenvalue weighted by Gasteiger charge is 1.99. The Morgan fingerprint density at radius 2 is 1.62 bits per heavy atom. The molecular weight excluding hydrogens is 212 g/mol. The van der Waals surface area contributed by atoms with Gasteiger partial charge >= 0.3 is 0 Å². The molecule has 0 aliphatic rings. The molecule has 0 saturated heterocycles. The van der Waals surface area contributed by atoms with E-state index in [1.54, 1.807) is 11.3 Å². The second kappa shape index (κ2) is 7.66. The van der Waals surface area contributed by atoms with Crippen molar-refractivity contribution in [1.29, 1.82) is 0 Å². The second-order valence-electron chi connectivity index (χ2n) is 2.93. The highest BCUT2D eigenvalue weighted by molar-refractivity contribution is 7.20. The summed E-state index contributed by atoms with van der Waals surface area (Å²) in [5.74, 6) is 0. The predicted octanol–water partition coefficient (Wildman–Crippen LogP) is 5.54. The third-order valence-electron chi connectivity index (χ3n) is 1.85. The van der Waals surface area contributed by atoms with E-state index >= 15 is 0 Å². The summed E-state index contributed by atoms with van der Waals surface area (Å²) in [7, 11) is 0. The molecule has 0 bridgehead atoms. The molecule has 1 heteroatoms. The molecule has 1 heterocycles. The van der Waals surface area contributed by atoms with Gasteiger partial charge in [-0.2, -0.15) is 0 Å². The summed E-state index contributed by atoms with van der Waals surface area (Å²) in [6, 6.07) is 10.6. The molecule has 84 valence electrons. The minimum absolute atomic E-state index is 1.15. The monoisotopic (exact) mass is 230 g/mol. The van der Waals surface area contributed by atoms with Crippen LogP contribution in [0, 0.1) is 0 Å². The summed E-state index contributed by atoms with van der Waals surface area (Å²) < 4.78 is 1.34. The summed E-state index contributed by atoms with van der Waals surface area (Å²) in [6.07, 6.45) is 0. The minimum Gasteiger partial charge on any atom is -0.136 e. The number of rotatable bonds is 1. The van der Waals surface area contributed by atoms with Crippen LogP contribution in [0.2, 0.25) is 0 Å². The molecule has 2 aromatic rings. The van der Waals surface area contributed by atoms with Gasteiger partial charge in [-0.1, -0.05) is 24.8 Å². The lowest BCUT2D eigenvalue weighted by molar-refractivity contribution is 1.75. The van der Waals surface area contributed by atoms with E-state index in [2.05, 4.69) is 63.2 Å². The lowest BCUT2D eigenvalue weighted by Gasteiger charge is -1.87. The molecule has 2 rings (SSSR count). The van der Waals surface area contributed by atoms with Crippen LogP contribution < -0.4 is 0 Å². The van der Waals surface area contributed by atoms with Crippen molar-refractivity contribution < 1.29 is 0 Å². The molecule has 0 saturated carbocycles. The number of hydrogen-bond donors (Lipinski definition) is 0.